The number of carbonyl (C=O) groups excluding carboxylic acids is 2. The van der Waals surface area contributed by atoms with Crippen molar-refractivity contribution in [2.75, 3.05) is 37.9 Å². The van der Waals surface area contributed by atoms with Crippen molar-refractivity contribution in [1.82, 2.24) is 4.90 Å². The van der Waals surface area contributed by atoms with Crippen molar-refractivity contribution in [3.05, 3.63) is 59.7 Å². The van der Waals surface area contributed by atoms with E-state index in [2.05, 4.69) is 0 Å². The van der Waals surface area contributed by atoms with Gasteiger partial charge < -0.3 is 14.4 Å². The summed E-state index contributed by atoms with van der Waals surface area (Å²) >= 11 is 0. The van der Waals surface area contributed by atoms with Crippen molar-refractivity contribution in [3.63, 3.8) is 0 Å². The number of methoxy groups -OCH3 is 1. The number of piperazine rings is 1. The molecule has 1 fully saturated rings. The van der Waals surface area contributed by atoms with Gasteiger partial charge >= 0.3 is 12.1 Å². The van der Waals surface area contributed by atoms with E-state index in [1.54, 1.807) is 11.0 Å². The van der Waals surface area contributed by atoms with Crippen LogP contribution in [-0.4, -0.2) is 64.0 Å². The number of benzene rings is 2. The molecule has 0 saturated carbocycles. The number of sulfone groups is 1. The Hall–Kier alpha value is -3.07. The molecule has 8 nitrogen and oxygen atoms in total. The molecule has 1 atom stereocenters. The van der Waals surface area contributed by atoms with Gasteiger partial charge in [-0.25, -0.2) is 18.0 Å². The summed E-state index contributed by atoms with van der Waals surface area (Å²) in [7, 11) is -2.46. The second-order valence-corrected chi connectivity index (χ2v) is 11.0. The van der Waals surface area contributed by atoms with Crippen LogP contribution < -0.4 is 4.90 Å². The topological polar surface area (TPSA) is 93.2 Å². The number of anilines is 1. The summed E-state index contributed by atoms with van der Waals surface area (Å²) in [6.45, 7) is 6.78. The number of esters is 1. The maximum atomic E-state index is 12.9. The molecular formula is C24H30N2O6S. The molecule has 0 N–H and O–H groups in total. The summed E-state index contributed by atoms with van der Waals surface area (Å²) in [6, 6.07) is 14.0. The lowest BCUT2D eigenvalue weighted by atomic mass is 10.0. The quantitative estimate of drug-likeness (QED) is 0.624. The highest BCUT2D eigenvalue weighted by Gasteiger charge is 2.35. The zero-order valence-electron chi connectivity index (χ0n) is 19.6. The van der Waals surface area contributed by atoms with Gasteiger partial charge in [0.2, 0.25) is 0 Å². The molecule has 1 aliphatic rings. The van der Waals surface area contributed by atoms with Crippen molar-refractivity contribution in [1.29, 1.82) is 0 Å². The molecule has 2 aromatic carbocycles. The van der Waals surface area contributed by atoms with Crippen molar-refractivity contribution in [2.24, 2.45) is 0 Å². The lowest BCUT2D eigenvalue weighted by Gasteiger charge is -2.43. The molecule has 1 unspecified atom stereocenters. The Kier molecular flexibility index (Phi) is 7.02. The highest BCUT2D eigenvalue weighted by molar-refractivity contribution is 7.90. The van der Waals surface area contributed by atoms with Gasteiger partial charge in [0, 0.05) is 31.6 Å². The maximum absolute atomic E-state index is 12.9. The zero-order chi connectivity index (χ0) is 24.4. The minimum atomic E-state index is -3.67. The summed E-state index contributed by atoms with van der Waals surface area (Å²) < 4.78 is 35.1. The van der Waals surface area contributed by atoms with Gasteiger partial charge in [0.15, 0.2) is 9.84 Å². The number of hydrogen-bond acceptors (Lipinski definition) is 7. The molecule has 33 heavy (non-hydrogen) atoms. The summed E-state index contributed by atoms with van der Waals surface area (Å²) in [6.07, 6.45) is 0.667. The number of rotatable bonds is 4. The van der Waals surface area contributed by atoms with Crippen LogP contribution in [0.3, 0.4) is 0 Å². The molecule has 1 amide bonds. The average Bonchev–Trinajstić information content (AvgIpc) is 2.76. The van der Waals surface area contributed by atoms with E-state index in [1.165, 1.54) is 19.2 Å². The highest BCUT2D eigenvalue weighted by Crippen LogP contribution is 2.32. The van der Waals surface area contributed by atoms with Gasteiger partial charge in [-0.3, -0.25) is 4.90 Å². The van der Waals surface area contributed by atoms with E-state index in [1.807, 2.05) is 56.0 Å². The number of nitrogens with zero attached hydrogens (tertiary/aromatic N) is 2. The van der Waals surface area contributed by atoms with Gasteiger partial charge in [-0.1, -0.05) is 30.3 Å². The molecule has 0 radical (unpaired) electrons. The van der Waals surface area contributed by atoms with Crippen molar-refractivity contribution >= 4 is 27.6 Å². The van der Waals surface area contributed by atoms with E-state index in [0.29, 0.717) is 25.3 Å². The van der Waals surface area contributed by atoms with Crippen LogP contribution >= 0.6 is 0 Å². The van der Waals surface area contributed by atoms with Crippen molar-refractivity contribution in [3.8, 4) is 0 Å². The average molecular weight is 475 g/mol. The summed E-state index contributed by atoms with van der Waals surface area (Å²) in [5, 5.41) is 0. The first-order chi connectivity index (χ1) is 15.4. The Bertz CT molecular complexity index is 1130. The molecule has 0 aliphatic carbocycles. The second kappa shape index (κ2) is 9.43. The van der Waals surface area contributed by atoms with Crippen LogP contribution in [0.2, 0.25) is 0 Å². The van der Waals surface area contributed by atoms with Crippen LogP contribution in [-0.2, 0) is 19.3 Å². The fourth-order valence-corrected chi connectivity index (χ4v) is 4.70. The first kappa shape index (κ1) is 24.6. The predicted molar refractivity (Wildman–Crippen MR) is 125 cm³/mol. The van der Waals surface area contributed by atoms with E-state index >= 15 is 0 Å². The SMILES string of the molecule is COC(=O)c1ccc(N2CCN(C(=O)OC(C)(C)C)C(c3ccccc3)C2)cc1S(C)(=O)=O. The Balaban J connectivity index is 1.97. The number of amides is 1. The van der Waals surface area contributed by atoms with Gasteiger partial charge in [0.1, 0.15) is 5.60 Å². The largest absolute Gasteiger partial charge is 0.465 e. The summed E-state index contributed by atoms with van der Waals surface area (Å²) in [5.74, 6) is -0.709. The van der Waals surface area contributed by atoms with Gasteiger partial charge in [0.05, 0.1) is 23.6 Å². The van der Waals surface area contributed by atoms with Crippen LogP contribution in [0.15, 0.2) is 53.4 Å². The van der Waals surface area contributed by atoms with Crippen LogP contribution in [0.5, 0.6) is 0 Å². The molecule has 0 bridgehead atoms. The maximum Gasteiger partial charge on any atom is 0.410 e. The van der Waals surface area contributed by atoms with Crippen molar-refractivity contribution in [2.45, 2.75) is 37.3 Å². The Morgan fingerprint density at radius 3 is 2.27 bits per heavy atom. The van der Waals surface area contributed by atoms with E-state index in [9.17, 15) is 18.0 Å². The van der Waals surface area contributed by atoms with Crippen molar-refractivity contribution < 1.29 is 27.5 Å². The number of ether oxygens (including phenoxy) is 2. The standard InChI is InChI=1S/C24H30N2O6S/c1-24(2,3)32-23(28)26-14-13-25(16-20(26)17-9-7-6-8-10-17)18-11-12-19(22(27)31-4)21(15-18)33(5,29)30/h6-12,15,20H,13-14,16H2,1-5H3. The third-order valence-electron chi connectivity index (χ3n) is 5.33. The van der Waals surface area contributed by atoms with Crippen LogP contribution in [0.4, 0.5) is 10.5 Å². The van der Waals surface area contributed by atoms with E-state index in [0.717, 1.165) is 11.8 Å². The smallest absolute Gasteiger partial charge is 0.410 e. The summed E-state index contributed by atoms with van der Waals surface area (Å²) in [4.78, 5) is 28.6. The van der Waals surface area contributed by atoms with E-state index < -0.39 is 27.5 Å². The number of hydrogen-bond donors (Lipinski definition) is 0. The minimum absolute atomic E-state index is 0.00393. The fraction of sp³-hybridized carbons (Fsp3) is 0.417. The molecule has 0 aromatic heterocycles. The molecule has 0 spiro atoms. The molecule has 1 saturated heterocycles. The zero-order valence-corrected chi connectivity index (χ0v) is 20.4. The molecular weight excluding hydrogens is 444 g/mol. The highest BCUT2D eigenvalue weighted by atomic mass is 32.2. The first-order valence-electron chi connectivity index (χ1n) is 10.6. The molecule has 2 aromatic rings. The normalized spacial score (nSPS) is 16.9. The van der Waals surface area contributed by atoms with Gasteiger partial charge in [-0.2, -0.15) is 0 Å². The van der Waals surface area contributed by atoms with Gasteiger partial charge in [0.25, 0.3) is 0 Å². The Morgan fingerprint density at radius 1 is 1.03 bits per heavy atom. The molecule has 9 heteroatoms. The van der Waals surface area contributed by atoms with E-state index in [-0.39, 0.29) is 16.5 Å². The Morgan fingerprint density at radius 2 is 1.70 bits per heavy atom. The van der Waals surface area contributed by atoms with Gasteiger partial charge in [-0.05, 0) is 44.5 Å². The van der Waals surface area contributed by atoms with Crippen LogP contribution in [0.1, 0.15) is 42.7 Å². The van der Waals surface area contributed by atoms with Crippen LogP contribution in [0, 0.1) is 0 Å². The predicted octanol–water partition coefficient (Wildman–Crippen LogP) is 3.68. The van der Waals surface area contributed by atoms with Gasteiger partial charge in [-0.15, -0.1) is 0 Å². The second-order valence-electron chi connectivity index (χ2n) is 8.99. The lowest BCUT2D eigenvalue weighted by Crippen LogP contribution is -2.52. The lowest BCUT2D eigenvalue weighted by molar-refractivity contribution is 0.0137. The first-order valence-corrected chi connectivity index (χ1v) is 12.5. The van der Waals surface area contributed by atoms with Crippen LogP contribution in [0.25, 0.3) is 0 Å². The van der Waals surface area contributed by atoms with E-state index in [4.69, 9.17) is 9.47 Å². The third-order valence-corrected chi connectivity index (χ3v) is 6.46. The number of carbonyl (C=O) groups is 2. The minimum Gasteiger partial charge on any atom is -0.465 e. The molecule has 178 valence electrons. The molecule has 3 rings (SSSR count). The fourth-order valence-electron chi connectivity index (χ4n) is 3.81. The summed E-state index contributed by atoms with van der Waals surface area (Å²) in [5.41, 5.74) is 0.968. The molecule has 1 aliphatic heterocycles. The Labute approximate surface area is 195 Å². The molecule has 1 heterocycles. The monoisotopic (exact) mass is 474 g/mol. The third kappa shape index (κ3) is 5.84.